The zero-order chi connectivity index (χ0) is 5.98. The largest absolute Gasteiger partial charge is 0.302 e. The summed E-state index contributed by atoms with van der Waals surface area (Å²) in [5, 5.41) is 0. The van der Waals surface area contributed by atoms with Gasteiger partial charge in [-0.2, -0.15) is 11.8 Å². The van der Waals surface area contributed by atoms with Crippen molar-refractivity contribution in [1.29, 1.82) is 0 Å². The van der Waals surface area contributed by atoms with Crippen LogP contribution in [0.25, 0.3) is 0 Å². The average Bonchev–Trinajstić information content (AvgIpc) is 1.79. The van der Waals surface area contributed by atoms with Crippen LogP contribution in [0.5, 0.6) is 0 Å². The molecule has 8 heavy (non-hydrogen) atoms. The van der Waals surface area contributed by atoms with Gasteiger partial charge in [-0.15, -0.1) is 0 Å². The molecular weight excluding hydrogens is 118 g/mol. The number of nitrogens with zero attached hydrogens (tertiary/aromatic N) is 1. The highest BCUT2D eigenvalue weighted by atomic mass is 32.2. The second-order valence-electron chi connectivity index (χ2n) is 2.38. The normalized spacial score (nSPS) is 30.0. The Kier molecular flexibility index (Phi) is 2.20. The van der Waals surface area contributed by atoms with E-state index in [0.717, 1.165) is 6.04 Å². The summed E-state index contributed by atoms with van der Waals surface area (Å²) in [5.41, 5.74) is 0. The Labute approximate surface area is 55.4 Å². The van der Waals surface area contributed by atoms with Crippen molar-refractivity contribution in [3.05, 3.63) is 0 Å². The monoisotopic (exact) mass is 131 g/mol. The first kappa shape index (κ1) is 6.43. The molecule has 0 aromatic heterocycles. The van der Waals surface area contributed by atoms with Gasteiger partial charge in [-0.1, -0.05) is 0 Å². The van der Waals surface area contributed by atoms with Gasteiger partial charge in [0.05, 0.1) is 0 Å². The van der Waals surface area contributed by atoms with Gasteiger partial charge in [0.25, 0.3) is 0 Å². The molecule has 1 nitrogen and oxygen atoms in total. The maximum atomic E-state index is 2.41. The zero-order valence-corrected chi connectivity index (χ0v) is 6.37. The molecule has 1 atom stereocenters. The molecule has 1 aliphatic rings. The summed E-state index contributed by atoms with van der Waals surface area (Å²) < 4.78 is 0. The van der Waals surface area contributed by atoms with E-state index < -0.39 is 0 Å². The van der Waals surface area contributed by atoms with Gasteiger partial charge in [0.1, 0.15) is 0 Å². The van der Waals surface area contributed by atoms with Crippen molar-refractivity contribution in [2.75, 3.05) is 25.6 Å². The Morgan fingerprint density at radius 1 is 1.75 bits per heavy atom. The lowest BCUT2D eigenvalue weighted by molar-refractivity contribution is 0.147. The van der Waals surface area contributed by atoms with Gasteiger partial charge >= 0.3 is 0 Å². The summed E-state index contributed by atoms with van der Waals surface area (Å²) in [6.45, 7) is 1.31. The van der Waals surface area contributed by atoms with Gasteiger partial charge in [0.2, 0.25) is 0 Å². The van der Waals surface area contributed by atoms with Crippen molar-refractivity contribution < 1.29 is 0 Å². The molecule has 1 rings (SSSR count). The van der Waals surface area contributed by atoms with Crippen molar-refractivity contribution in [2.45, 2.75) is 12.5 Å². The molecule has 0 aliphatic carbocycles. The van der Waals surface area contributed by atoms with Crippen LogP contribution >= 0.6 is 11.8 Å². The molecule has 0 radical (unpaired) electrons. The number of hydrogen-bond acceptors (Lipinski definition) is 2. The second kappa shape index (κ2) is 2.74. The predicted molar refractivity (Wildman–Crippen MR) is 39.4 cm³/mol. The molecule has 2 heteroatoms. The number of rotatable bonds is 2. The van der Waals surface area contributed by atoms with Crippen molar-refractivity contribution in [2.24, 2.45) is 0 Å². The molecule has 0 amide bonds. The molecule has 1 saturated heterocycles. The van der Waals surface area contributed by atoms with Gasteiger partial charge in [0, 0.05) is 11.8 Å². The quantitative estimate of drug-likeness (QED) is 0.551. The van der Waals surface area contributed by atoms with Gasteiger partial charge in [-0.05, 0) is 26.3 Å². The van der Waals surface area contributed by atoms with Crippen molar-refractivity contribution in [3.8, 4) is 0 Å². The Balaban J connectivity index is 2.08. The van der Waals surface area contributed by atoms with Crippen LogP contribution in [0.1, 0.15) is 6.42 Å². The van der Waals surface area contributed by atoms with E-state index in [4.69, 9.17) is 0 Å². The van der Waals surface area contributed by atoms with Gasteiger partial charge in [-0.25, -0.2) is 0 Å². The Bertz CT molecular complexity index is 74.9. The van der Waals surface area contributed by atoms with Gasteiger partial charge in [-0.3, -0.25) is 0 Å². The predicted octanol–water partition coefficient (Wildman–Crippen LogP) is 1.05. The van der Waals surface area contributed by atoms with E-state index in [1.807, 2.05) is 11.8 Å². The fourth-order valence-corrected chi connectivity index (χ4v) is 1.78. The topological polar surface area (TPSA) is 3.24 Å². The van der Waals surface area contributed by atoms with Crippen LogP contribution < -0.4 is 0 Å². The van der Waals surface area contributed by atoms with Crippen molar-refractivity contribution >= 4 is 11.8 Å². The standard InChI is InChI=1S/C6H13NS/c1-7-4-3-6(7)5-8-2/h6H,3-5H2,1-2H3/t6-/m1/s1. The third-order valence-corrected chi connectivity index (χ3v) is 2.52. The minimum absolute atomic E-state index is 0.894. The molecule has 0 unspecified atom stereocenters. The lowest BCUT2D eigenvalue weighted by atomic mass is 10.1. The highest BCUT2D eigenvalue weighted by molar-refractivity contribution is 7.98. The zero-order valence-electron chi connectivity index (χ0n) is 5.55. The summed E-state index contributed by atoms with van der Waals surface area (Å²) in [4.78, 5) is 2.41. The molecule has 0 aromatic rings. The fourth-order valence-electron chi connectivity index (χ4n) is 0.973. The maximum absolute atomic E-state index is 2.41. The van der Waals surface area contributed by atoms with Crippen LogP contribution in [0.4, 0.5) is 0 Å². The van der Waals surface area contributed by atoms with Gasteiger partial charge in [0.15, 0.2) is 0 Å². The molecule has 0 N–H and O–H groups in total. The molecule has 1 heterocycles. The SMILES string of the molecule is CSC[C@H]1CCN1C. The van der Waals surface area contributed by atoms with Crippen LogP contribution in [0.3, 0.4) is 0 Å². The minimum Gasteiger partial charge on any atom is -0.302 e. The molecule has 0 aromatic carbocycles. The highest BCUT2D eigenvalue weighted by Crippen LogP contribution is 2.17. The molecular formula is C6H13NS. The first-order valence-corrected chi connectivity index (χ1v) is 4.43. The van der Waals surface area contributed by atoms with Crippen LogP contribution in [-0.2, 0) is 0 Å². The molecule has 0 saturated carbocycles. The van der Waals surface area contributed by atoms with E-state index in [9.17, 15) is 0 Å². The molecule has 0 bridgehead atoms. The van der Waals surface area contributed by atoms with E-state index in [-0.39, 0.29) is 0 Å². The average molecular weight is 131 g/mol. The highest BCUT2D eigenvalue weighted by Gasteiger charge is 2.22. The Hall–Kier alpha value is 0.310. The number of thioether (sulfide) groups is 1. The minimum atomic E-state index is 0.894. The van der Waals surface area contributed by atoms with E-state index in [2.05, 4.69) is 18.2 Å². The van der Waals surface area contributed by atoms with Gasteiger partial charge < -0.3 is 4.90 Å². The van der Waals surface area contributed by atoms with Crippen LogP contribution in [0.2, 0.25) is 0 Å². The van der Waals surface area contributed by atoms with E-state index in [1.165, 1.54) is 18.7 Å². The number of likely N-dealkylation sites (tertiary alicyclic amines) is 1. The maximum Gasteiger partial charge on any atom is 0.0195 e. The summed E-state index contributed by atoms with van der Waals surface area (Å²) in [5.74, 6) is 1.32. The van der Waals surface area contributed by atoms with Crippen LogP contribution in [-0.4, -0.2) is 36.5 Å². The lowest BCUT2D eigenvalue weighted by Crippen LogP contribution is -2.46. The molecule has 1 aliphatic heterocycles. The summed E-state index contributed by atoms with van der Waals surface area (Å²) >= 11 is 1.95. The number of hydrogen-bond donors (Lipinski definition) is 0. The van der Waals surface area contributed by atoms with Crippen molar-refractivity contribution in [1.82, 2.24) is 4.90 Å². The summed E-state index contributed by atoms with van der Waals surface area (Å²) in [6.07, 6.45) is 3.59. The van der Waals surface area contributed by atoms with Crippen molar-refractivity contribution in [3.63, 3.8) is 0 Å². The Morgan fingerprint density at radius 2 is 2.50 bits per heavy atom. The first-order chi connectivity index (χ1) is 3.84. The Morgan fingerprint density at radius 3 is 2.62 bits per heavy atom. The molecule has 48 valence electrons. The molecule has 1 fully saturated rings. The van der Waals surface area contributed by atoms with E-state index >= 15 is 0 Å². The molecule has 0 spiro atoms. The first-order valence-electron chi connectivity index (χ1n) is 3.04. The fraction of sp³-hybridized carbons (Fsp3) is 1.00. The summed E-state index contributed by atoms with van der Waals surface area (Å²) in [7, 11) is 2.20. The smallest absolute Gasteiger partial charge is 0.0195 e. The lowest BCUT2D eigenvalue weighted by Gasteiger charge is -2.37. The van der Waals surface area contributed by atoms with E-state index in [0.29, 0.717) is 0 Å². The van der Waals surface area contributed by atoms with Crippen LogP contribution in [0, 0.1) is 0 Å². The van der Waals surface area contributed by atoms with E-state index in [1.54, 1.807) is 0 Å². The van der Waals surface area contributed by atoms with Crippen LogP contribution in [0.15, 0.2) is 0 Å². The third-order valence-electron chi connectivity index (χ3n) is 1.80. The second-order valence-corrected chi connectivity index (χ2v) is 3.29. The summed E-state index contributed by atoms with van der Waals surface area (Å²) in [6, 6.07) is 0.894. The third kappa shape index (κ3) is 1.17.